The molecule has 0 atom stereocenters. The molecule has 11 heavy (non-hydrogen) atoms. The number of anilines is 1. The van der Waals surface area contributed by atoms with Crippen molar-refractivity contribution in [3.63, 3.8) is 0 Å². The van der Waals surface area contributed by atoms with Crippen molar-refractivity contribution in [3.05, 3.63) is 29.3 Å². The van der Waals surface area contributed by atoms with Crippen LogP contribution in [0.25, 0.3) is 0 Å². The van der Waals surface area contributed by atoms with E-state index < -0.39 is 0 Å². The Morgan fingerprint density at radius 3 is 3.00 bits per heavy atom. The van der Waals surface area contributed by atoms with E-state index in [1.807, 2.05) is 0 Å². The number of para-hydroxylation sites is 1. The number of benzene rings is 1. The van der Waals surface area contributed by atoms with Gasteiger partial charge in [0.1, 0.15) is 0 Å². The molecule has 1 N–H and O–H groups in total. The molecule has 0 radical (unpaired) electrons. The van der Waals surface area contributed by atoms with Gasteiger partial charge in [0.2, 0.25) is 0 Å². The summed E-state index contributed by atoms with van der Waals surface area (Å²) in [7, 11) is 0. The molecular formula is C9H9NS. The third-order valence-corrected chi connectivity index (χ3v) is 2.22. The number of rotatable bonds is 0. The number of nitrogens with one attached hydrogen (secondary N) is 1. The average molecular weight is 163 g/mol. The SMILES string of the molecule is Cc1cccc2c1NC(=S)C2. The van der Waals surface area contributed by atoms with Gasteiger partial charge >= 0.3 is 0 Å². The van der Waals surface area contributed by atoms with Crippen LogP contribution in [0.3, 0.4) is 0 Å². The quantitative estimate of drug-likeness (QED) is 0.589. The largest absolute Gasteiger partial charge is 0.349 e. The number of aryl methyl sites for hydroxylation is 1. The maximum absolute atomic E-state index is 5.07. The molecule has 0 aromatic heterocycles. The lowest BCUT2D eigenvalue weighted by molar-refractivity contribution is 1.38. The first kappa shape index (κ1) is 6.80. The summed E-state index contributed by atoms with van der Waals surface area (Å²) in [6.45, 7) is 2.10. The summed E-state index contributed by atoms with van der Waals surface area (Å²) >= 11 is 5.07. The molecule has 0 aliphatic carbocycles. The number of hydrogen-bond donors (Lipinski definition) is 1. The normalized spacial score (nSPS) is 14.5. The lowest BCUT2D eigenvalue weighted by atomic mass is 10.1. The van der Waals surface area contributed by atoms with Gasteiger partial charge in [0.05, 0.1) is 4.99 Å². The summed E-state index contributed by atoms with van der Waals surface area (Å²) in [5, 5.41) is 3.20. The van der Waals surface area contributed by atoms with Crippen LogP contribution in [0, 0.1) is 6.92 Å². The molecule has 2 heteroatoms. The van der Waals surface area contributed by atoms with Crippen molar-refractivity contribution in [3.8, 4) is 0 Å². The van der Waals surface area contributed by atoms with E-state index in [1.54, 1.807) is 0 Å². The molecule has 0 unspecified atom stereocenters. The zero-order valence-corrected chi connectivity index (χ0v) is 7.16. The molecule has 56 valence electrons. The van der Waals surface area contributed by atoms with E-state index in [0.29, 0.717) is 0 Å². The van der Waals surface area contributed by atoms with E-state index in [9.17, 15) is 0 Å². The third kappa shape index (κ3) is 1.03. The van der Waals surface area contributed by atoms with Crippen molar-refractivity contribution >= 4 is 22.9 Å². The van der Waals surface area contributed by atoms with E-state index in [4.69, 9.17) is 12.2 Å². The molecule has 0 amide bonds. The molecule has 0 saturated heterocycles. The second-order valence-corrected chi connectivity index (χ2v) is 3.33. The molecule has 1 aromatic rings. The number of fused-ring (bicyclic) bond motifs is 1. The van der Waals surface area contributed by atoms with Crippen LogP contribution in [0.2, 0.25) is 0 Å². The monoisotopic (exact) mass is 163 g/mol. The van der Waals surface area contributed by atoms with Gasteiger partial charge < -0.3 is 5.32 Å². The molecular weight excluding hydrogens is 154 g/mol. The fourth-order valence-corrected chi connectivity index (χ4v) is 1.67. The minimum Gasteiger partial charge on any atom is -0.349 e. The van der Waals surface area contributed by atoms with Gasteiger partial charge in [0.15, 0.2) is 0 Å². The van der Waals surface area contributed by atoms with E-state index in [-0.39, 0.29) is 0 Å². The fourth-order valence-electron chi connectivity index (χ4n) is 1.41. The smallest absolute Gasteiger partial charge is 0.0842 e. The Bertz CT molecular complexity index is 317. The summed E-state index contributed by atoms with van der Waals surface area (Å²) in [6, 6.07) is 6.29. The molecule has 0 bridgehead atoms. The van der Waals surface area contributed by atoms with Crippen molar-refractivity contribution in [1.82, 2.24) is 0 Å². The fraction of sp³-hybridized carbons (Fsp3) is 0.222. The van der Waals surface area contributed by atoms with E-state index in [0.717, 1.165) is 11.4 Å². The van der Waals surface area contributed by atoms with Crippen LogP contribution in [0.4, 0.5) is 5.69 Å². The van der Waals surface area contributed by atoms with Gasteiger partial charge in [-0.1, -0.05) is 30.4 Å². The lowest BCUT2D eigenvalue weighted by Crippen LogP contribution is -2.01. The molecule has 1 heterocycles. The summed E-state index contributed by atoms with van der Waals surface area (Å²) in [5.74, 6) is 0. The van der Waals surface area contributed by atoms with E-state index in [1.165, 1.54) is 16.8 Å². The second kappa shape index (κ2) is 2.31. The Balaban J connectivity index is 2.57. The highest BCUT2D eigenvalue weighted by molar-refractivity contribution is 7.80. The molecule has 2 rings (SSSR count). The van der Waals surface area contributed by atoms with Crippen molar-refractivity contribution in [2.75, 3.05) is 5.32 Å². The number of hydrogen-bond acceptors (Lipinski definition) is 1. The van der Waals surface area contributed by atoms with Gasteiger partial charge in [-0.05, 0) is 18.1 Å². The van der Waals surface area contributed by atoms with Crippen LogP contribution in [-0.2, 0) is 6.42 Å². The summed E-state index contributed by atoms with van der Waals surface area (Å²) in [5.41, 5.74) is 3.83. The molecule has 0 saturated carbocycles. The van der Waals surface area contributed by atoms with Crippen molar-refractivity contribution in [2.45, 2.75) is 13.3 Å². The average Bonchev–Trinajstić information content (AvgIpc) is 2.31. The summed E-state index contributed by atoms with van der Waals surface area (Å²) < 4.78 is 0. The Hall–Kier alpha value is -0.890. The van der Waals surface area contributed by atoms with Gasteiger partial charge in [-0.3, -0.25) is 0 Å². The lowest BCUT2D eigenvalue weighted by Gasteiger charge is -2.01. The molecule has 0 fully saturated rings. The van der Waals surface area contributed by atoms with Crippen LogP contribution in [0.5, 0.6) is 0 Å². The molecule has 1 aliphatic rings. The summed E-state index contributed by atoms with van der Waals surface area (Å²) in [4.78, 5) is 0.939. The van der Waals surface area contributed by atoms with Crippen LogP contribution in [-0.4, -0.2) is 4.99 Å². The van der Waals surface area contributed by atoms with Gasteiger partial charge in [-0.25, -0.2) is 0 Å². The number of thiocarbonyl (C=S) groups is 1. The van der Waals surface area contributed by atoms with Crippen LogP contribution in [0.15, 0.2) is 18.2 Å². The third-order valence-electron chi connectivity index (χ3n) is 1.97. The van der Waals surface area contributed by atoms with Gasteiger partial charge in [0, 0.05) is 12.1 Å². The standard InChI is InChI=1S/C9H9NS/c1-6-3-2-4-7-5-8(11)10-9(6)7/h2-4H,5H2,1H3,(H,10,11). The highest BCUT2D eigenvalue weighted by Crippen LogP contribution is 2.26. The van der Waals surface area contributed by atoms with Crippen LogP contribution >= 0.6 is 12.2 Å². The molecule has 1 nitrogen and oxygen atoms in total. The Labute approximate surface area is 71.4 Å². The molecule has 0 spiro atoms. The van der Waals surface area contributed by atoms with Crippen molar-refractivity contribution < 1.29 is 0 Å². The van der Waals surface area contributed by atoms with Crippen molar-refractivity contribution in [2.24, 2.45) is 0 Å². The topological polar surface area (TPSA) is 12.0 Å². The van der Waals surface area contributed by atoms with Gasteiger partial charge in [0.25, 0.3) is 0 Å². The predicted molar refractivity (Wildman–Crippen MR) is 51.1 cm³/mol. The summed E-state index contributed by atoms with van der Waals surface area (Å²) in [6.07, 6.45) is 0.909. The van der Waals surface area contributed by atoms with Crippen molar-refractivity contribution in [1.29, 1.82) is 0 Å². The first-order valence-electron chi connectivity index (χ1n) is 3.66. The van der Waals surface area contributed by atoms with Crippen LogP contribution in [0.1, 0.15) is 11.1 Å². The maximum Gasteiger partial charge on any atom is 0.0842 e. The van der Waals surface area contributed by atoms with E-state index in [2.05, 4.69) is 30.4 Å². The first-order valence-corrected chi connectivity index (χ1v) is 4.06. The highest BCUT2D eigenvalue weighted by atomic mass is 32.1. The maximum atomic E-state index is 5.07. The highest BCUT2D eigenvalue weighted by Gasteiger charge is 2.14. The predicted octanol–water partition coefficient (Wildman–Crippen LogP) is 2.29. The minimum absolute atomic E-state index is 0.909. The van der Waals surface area contributed by atoms with Gasteiger partial charge in [-0.2, -0.15) is 0 Å². The Morgan fingerprint density at radius 2 is 2.27 bits per heavy atom. The second-order valence-electron chi connectivity index (χ2n) is 2.83. The molecule has 1 aromatic carbocycles. The van der Waals surface area contributed by atoms with Gasteiger partial charge in [-0.15, -0.1) is 0 Å². The first-order chi connectivity index (χ1) is 5.27. The zero-order chi connectivity index (χ0) is 7.84. The minimum atomic E-state index is 0.909. The molecule has 1 aliphatic heterocycles. The van der Waals surface area contributed by atoms with Crippen LogP contribution < -0.4 is 5.32 Å². The van der Waals surface area contributed by atoms with E-state index >= 15 is 0 Å². The Morgan fingerprint density at radius 1 is 1.45 bits per heavy atom. The Kier molecular flexibility index (Phi) is 1.43. The zero-order valence-electron chi connectivity index (χ0n) is 6.35.